The summed E-state index contributed by atoms with van der Waals surface area (Å²) >= 11 is 0. The van der Waals surface area contributed by atoms with Crippen molar-refractivity contribution in [3.05, 3.63) is 223 Å². The van der Waals surface area contributed by atoms with Gasteiger partial charge in [0.1, 0.15) is 45.6 Å². The van der Waals surface area contributed by atoms with Crippen molar-refractivity contribution >= 4 is 131 Å². The molecule has 350 valence electrons. The molecule has 0 fully saturated rings. The zero-order valence-electron chi connectivity index (χ0n) is 40.2. The normalized spacial score (nSPS) is 12.2. The molecule has 0 unspecified atom stereocenters. The summed E-state index contributed by atoms with van der Waals surface area (Å²) in [5, 5.41) is 36.1. The molecule has 0 aliphatic rings. The van der Waals surface area contributed by atoms with E-state index in [1.165, 1.54) is 0 Å². The minimum absolute atomic E-state index is 0.214. The number of para-hydroxylation sites is 6. The number of aromatic nitrogens is 3. The molecule has 0 aliphatic heterocycles. The number of nitrogens with zero attached hydrogens (tertiary/aromatic N) is 5. The molecule has 8 heteroatoms. The van der Waals surface area contributed by atoms with Gasteiger partial charge < -0.3 is 27.0 Å². The van der Waals surface area contributed by atoms with Crippen LogP contribution in [0.15, 0.2) is 226 Å². The Hall–Kier alpha value is -10.8. The van der Waals surface area contributed by atoms with Crippen LogP contribution in [0.3, 0.4) is 0 Å². The van der Waals surface area contributed by atoms with Gasteiger partial charge in [-0.15, -0.1) is 0 Å². The first-order valence-corrected chi connectivity index (χ1v) is 25.3. The minimum atomic E-state index is 0.214. The highest BCUT2D eigenvalue weighted by Crippen LogP contribution is 2.52. The molecule has 0 saturated carbocycles. The molecule has 8 nitrogen and oxygen atoms in total. The Morgan fingerprint density at radius 3 is 1.01 bits per heavy atom. The zero-order valence-corrected chi connectivity index (χ0v) is 40.2. The van der Waals surface area contributed by atoms with Gasteiger partial charge in [-0.3, -0.25) is 0 Å². The molecule has 6 heterocycles. The van der Waals surface area contributed by atoms with Crippen LogP contribution in [0.25, 0.3) is 159 Å². The summed E-state index contributed by atoms with van der Waals surface area (Å²) in [5.74, 6) is 0. The van der Waals surface area contributed by atoms with E-state index in [0.717, 1.165) is 142 Å². The smallest absolute Gasteiger partial charge is 0.145 e. The number of furan rings is 3. The maximum absolute atomic E-state index is 12.3. The molecule has 6 aromatic heterocycles. The second-order valence-electron chi connectivity index (χ2n) is 19.6. The maximum atomic E-state index is 12.3. The van der Waals surface area contributed by atoms with E-state index in [0.29, 0.717) is 17.1 Å². The van der Waals surface area contributed by atoms with Crippen molar-refractivity contribution in [2.45, 2.75) is 0 Å². The van der Waals surface area contributed by atoms with Crippen molar-refractivity contribution < 1.29 is 13.3 Å². The first kappa shape index (κ1) is 40.8. The highest BCUT2D eigenvalue weighted by Gasteiger charge is 2.34. The van der Waals surface area contributed by atoms with Gasteiger partial charge in [0, 0.05) is 54.0 Å². The molecule has 76 heavy (non-hydrogen) atoms. The van der Waals surface area contributed by atoms with Crippen molar-refractivity contribution in [3.8, 4) is 40.3 Å². The SMILES string of the molecule is N#Cc1c(C#N)c(-n2c3ccccc3c3c4oc5ccccc5c4ccc32)c(-n2c3ccccc3c3c4oc5ccccc5c4ccc32)c(-c2ccccc2)c1-n1c2ccccc2c2c3oc4ccccc4c3ccc21. The molecule has 0 radical (unpaired) electrons. The van der Waals surface area contributed by atoms with Crippen molar-refractivity contribution in [2.24, 2.45) is 0 Å². The van der Waals surface area contributed by atoms with Gasteiger partial charge in [0.2, 0.25) is 0 Å². The van der Waals surface area contributed by atoms with E-state index < -0.39 is 0 Å². The third kappa shape index (κ3) is 5.14. The van der Waals surface area contributed by atoms with Gasteiger partial charge in [0.05, 0.1) is 77.4 Å². The van der Waals surface area contributed by atoms with E-state index in [1.807, 2.05) is 97.1 Å². The molecule has 17 aromatic rings. The summed E-state index contributed by atoms with van der Waals surface area (Å²) in [5.41, 5.74) is 13.7. The molecule has 0 amide bonds. The molecule has 0 atom stereocenters. The second kappa shape index (κ2) is 14.9. The van der Waals surface area contributed by atoms with Gasteiger partial charge in [-0.05, 0) is 78.4 Å². The third-order valence-corrected chi connectivity index (χ3v) is 15.9. The number of rotatable bonds is 4. The zero-order chi connectivity index (χ0) is 49.9. The van der Waals surface area contributed by atoms with E-state index >= 15 is 0 Å². The molecule has 0 saturated heterocycles. The summed E-state index contributed by atoms with van der Waals surface area (Å²) < 4.78 is 27.3. The molecule has 0 bridgehead atoms. The van der Waals surface area contributed by atoms with Crippen LogP contribution in [-0.2, 0) is 0 Å². The average molecular weight is 970 g/mol. The third-order valence-electron chi connectivity index (χ3n) is 15.9. The maximum Gasteiger partial charge on any atom is 0.145 e. The first-order valence-electron chi connectivity index (χ1n) is 25.3. The van der Waals surface area contributed by atoms with Gasteiger partial charge in [0.15, 0.2) is 0 Å². The van der Waals surface area contributed by atoms with Crippen LogP contribution >= 0.6 is 0 Å². The van der Waals surface area contributed by atoms with Crippen LogP contribution in [0, 0.1) is 22.7 Å². The number of fused-ring (bicyclic) bond motifs is 21. The highest BCUT2D eigenvalue weighted by molar-refractivity contribution is 6.28. The summed E-state index contributed by atoms with van der Waals surface area (Å²) in [6, 6.07) is 78.1. The van der Waals surface area contributed by atoms with Gasteiger partial charge in [-0.25, -0.2) is 0 Å². The Morgan fingerprint density at radius 2 is 0.605 bits per heavy atom. The molecular weight excluding hydrogens is 935 g/mol. The largest absolute Gasteiger partial charge is 0.455 e. The average Bonchev–Trinajstić information content (AvgIpc) is 4.50. The van der Waals surface area contributed by atoms with Crippen LogP contribution in [0.2, 0.25) is 0 Å². The lowest BCUT2D eigenvalue weighted by atomic mass is 9.91. The quantitative estimate of drug-likeness (QED) is 0.175. The number of nitriles is 2. The van der Waals surface area contributed by atoms with Gasteiger partial charge >= 0.3 is 0 Å². The Kier molecular flexibility index (Phi) is 7.99. The highest BCUT2D eigenvalue weighted by atomic mass is 16.3. The van der Waals surface area contributed by atoms with E-state index in [1.54, 1.807) is 0 Å². The standard InChI is InChI=1S/C68H35N5O3/c69-36-48-49(37-70)64(72-51-25-11-5-22-46(51)61-54(72)34-31-43-40-19-8-14-28-57(40)75-67(43)61)65(73-52-26-12-6-23-47(52)62-55(73)35-32-44-41-20-9-15-29-58(41)76-68(44)62)59(38-16-2-1-3-17-38)63(48)71-50-24-10-4-21-45(50)60-53(71)33-30-42-39-18-7-13-27-56(39)74-66(42)60/h1-35H. The lowest BCUT2D eigenvalue weighted by Gasteiger charge is -2.26. The lowest BCUT2D eigenvalue weighted by molar-refractivity contribution is 0.672. The van der Waals surface area contributed by atoms with Gasteiger partial charge in [-0.1, -0.05) is 140 Å². The number of hydrogen-bond donors (Lipinski definition) is 0. The Bertz CT molecular complexity index is 5510. The summed E-state index contributed by atoms with van der Waals surface area (Å²) in [7, 11) is 0. The summed E-state index contributed by atoms with van der Waals surface area (Å²) in [6.45, 7) is 0. The Balaban J connectivity index is 1.15. The summed E-state index contributed by atoms with van der Waals surface area (Å²) in [6.07, 6.45) is 0. The predicted molar refractivity (Wildman–Crippen MR) is 306 cm³/mol. The first-order chi connectivity index (χ1) is 37.7. The minimum Gasteiger partial charge on any atom is -0.455 e. The van der Waals surface area contributed by atoms with Crippen LogP contribution in [0.1, 0.15) is 11.1 Å². The number of benzene rings is 11. The van der Waals surface area contributed by atoms with Crippen LogP contribution in [-0.4, -0.2) is 13.7 Å². The van der Waals surface area contributed by atoms with Crippen LogP contribution < -0.4 is 0 Å². The fraction of sp³-hybridized carbons (Fsp3) is 0. The van der Waals surface area contributed by atoms with Crippen molar-refractivity contribution in [3.63, 3.8) is 0 Å². The fourth-order valence-electron chi connectivity index (χ4n) is 12.9. The van der Waals surface area contributed by atoms with Crippen LogP contribution in [0.5, 0.6) is 0 Å². The van der Waals surface area contributed by atoms with Gasteiger partial charge in [0.25, 0.3) is 0 Å². The Morgan fingerprint density at radius 1 is 0.276 bits per heavy atom. The monoisotopic (exact) mass is 969 g/mol. The number of hydrogen-bond acceptors (Lipinski definition) is 5. The van der Waals surface area contributed by atoms with E-state index in [-0.39, 0.29) is 11.1 Å². The molecule has 17 rings (SSSR count). The molecular formula is C68H35N5O3. The van der Waals surface area contributed by atoms with Crippen molar-refractivity contribution in [1.82, 2.24) is 13.7 Å². The van der Waals surface area contributed by atoms with Crippen molar-refractivity contribution in [1.29, 1.82) is 10.5 Å². The van der Waals surface area contributed by atoms with Crippen LogP contribution in [0.4, 0.5) is 0 Å². The summed E-state index contributed by atoms with van der Waals surface area (Å²) in [4.78, 5) is 0. The van der Waals surface area contributed by atoms with Crippen molar-refractivity contribution in [2.75, 3.05) is 0 Å². The topological polar surface area (TPSA) is 102 Å². The molecule has 0 aliphatic carbocycles. The predicted octanol–water partition coefficient (Wildman–Crippen LogP) is 18.1. The Labute approximate surface area is 430 Å². The molecule has 0 N–H and O–H groups in total. The van der Waals surface area contributed by atoms with Gasteiger partial charge in [-0.2, -0.15) is 10.5 Å². The van der Waals surface area contributed by atoms with E-state index in [9.17, 15) is 10.5 Å². The lowest BCUT2D eigenvalue weighted by Crippen LogP contribution is -2.14. The van der Waals surface area contributed by atoms with E-state index in [2.05, 4.69) is 141 Å². The molecule has 11 aromatic carbocycles. The molecule has 0 spiro atoms. The second-order valence-corrected chi connectivity index (χ2v) is 19.6. The van der Waals surface area contributed by atoms with E-state index in [4.69, 9.17) is 13.3 Å². The fourth-order valence-corrected chi connectivity index (χ4v) is 12.9.